The van der Waals surface area contributed by atoms with E-state index in [1.54, 1.807) is 0 Å². The van der Waals surface area contributed by atoms with Gasteiger partial charge in [0.25, 0.3) is 0 Å². The Morgan fingerprint density at radius 3 is 2.30 bits per heavy atom. The lowest BCUT2D eigenvalue weighted by Crippen LogP contribution is -2.55. The second-order valence-electron chi connectivity index (χ2n) is 6.54. The van der Waals surface area contributed by atoms with Crippen LogP contribution in [-0.4, -0.2) is 75.5 Å². The van der Waals surface area contributed by atoms with Gasteiger partial charge < -0.3 is 31.5 Å². The van der Waals surface area contributed by atoms with Crippen LogP contribution in [0.3, 0.4) is 0 Å². The summed E-state index contributed by atoms with van der Waals surface area (Å²) in [6, 6.07) is -3.91. The standard InChI is InChI=1S/C16H26N4O7/c1-8(17)13(23)18-9(2)15(25)20-7-3-4-11(20)14(24)19-10(16(26)27)5-6-12(21)22/h8-11H,3-7,17H2,1-2H3,(H,18,23)(H,19,24)(H,21,22)(H,26,27). The molecule has 3 amide bonds. The quantitative estimate of drug-likeness (QED) is 0.310. The SMILES string of the molecule is CC(N)C(=O)NC(C)C(=O)N1CCCC1C(=O)NC(CCC(=O)O)C(=O)O. The number of carboxylic acids is 2. The summed E-state index contributed by atoms with van der Waals surface area (Å²) < 4.78 is 0. The average molecular weight is 386 g/mol. The molecule has 1 fully saturated rings. The van der Waals surface area contributed by atoms with Gasteiger partial charge in [-0.05, 0) is 33.1 Å². The Morgan fingerprint density at radius 1 is 1.15 bits per heavy atom. The lowest BCUT2D eigenvalue weighted by molar-refractivity contribution is -0.145. The molecule has 1 aliphatic heterocycles. The summed E-state index contributed by atoms with van der Waals surface area (Å²) in [6.45, 7) is 3.24. The number of nitrogens with zero attached hydrogens (tertiary/aromatic N) is 1. The fourth-order valence-electron chi connectivity index (χ4n) is 2.75. The Morgan fingerprint density at radius 2 is 1.78 bits per heavy atom. The maximum Gasteiger partial charge on any atom is 0.326 e. The molecule has 11 heteroatoms. The third-order valence-corrected chi connectivity index (χ3v) is 4.24. The molecule has 0 saturated carbocycles. The summed E-state index contributed by atoms with van der Waals surface area (Å²) in [7, 11) is 0. The Hall–Kier alpha value is -2.69. The number of amides is 3. The first kappa shape index (κ1) is 22.4. The minimum atomic E-state index is -1.36. The first-order valence-corrected chi connectivity index (χ1v) is 8.66. The summed E-state index contributed by atoms with van der Waals surface area (Å²) in [5.74, 6) is -4.16. The number of likely N-dealkylation sites (tertiary alicyclic amines) is 1. The monoisotopic (exact) mass is 386 g/mol. The predicted octanol–water partition coefficient (Wildman–Crippen LogP) is -1.74. The molecule has 0 radical (unpaired) electrons. The molecule has 0 spiro atoms. The molecule has 1 aliphatic rings. The Bertz CT molecular complexity index is 608. The van der Waals surface area contributed by atoms with Gasteiger partial charge in [-0.1, -0.05) is 0 Å². The number of hydrogen-bond acceptors (Lipinski definition) is 6. The number of carboxylic acid groups (broad SMARTS) is 2. The highest BCUT2D eigenvalue weighted by atomic mass is 16.4. The van der Waals surface area contributed by atoms with Crippen molar-refractivity contribution >= 4 is 29.7 Å². The first-order chi connectivity index (χ1) is 12.5. The minimum absolute atomic E-state index is 0.266. The lowest BCUT2D eigenvalue weighted by atomic mass is 10.1. The van der Waals surface area contributed by atoms with Crippen LogP contribution in [0.2, 0.25) is 0 Å². The van der Waals surface area contributed by atoms with E-state index in [0.29, 0.717) is 19.4 Å². The molecule has 6 N–H and O–H groups in total. The van der Waals surface area contributed by atoms with Crippen LogP contribution < -0.4 is 16.4 Å². The molecule has 152 valence electrons. The topological polar surface area (TPSA) is 179 Å². The van der Waals surface area contributed by atoms with Crippen molar-refractivity contribution in [3.8, 4) is 0 Å². The number of hydrogen-bond donors (Lipinski definition) is 5. The van der Waals surface area contributed by atoms with E-state index in [4.69, 9.17) is 15.9 Å². The summed E-state index contributed by atoms with van der Waals surface area (Å²) in [6.07, 6.45) is 0.213. The number of carbonyl (C=O) groups excluding carboxylic acids is 3. The van der Waals surface area contributed by atoms with Gasteiger partial charge in [0.2, 0.25) is 17.7 Å². The largest absolute Gasteiger partial charge is 0.481 e. The second kappa shape index (κ2) is 9.86. The third kappa shape index (κ3) is 6.51. The molecule has 1 rings (SSSR count). The van der Waals surface area contributed by atoms with Crippen molar-refractivity contribution in [3.05, 3.63) is 0 Å². The first-order valence-electron chi connectivity index (χ1n) is 8.66. The number of nitrogens with two attached hydrogens (primary N) is 1. The zero-order valence-corrected chi connectivity index (χ0v) is 15.3. The van der Waals surface area contributed by atoms with Crippen molar-refractivity contribution in [1.82, 2.24) is 15.5 Å². The van der Waals surface area contributed by atoms with Crippen molar-refractivity contribution in [3.63, 3.8) is 0 Å². The molecule has 1 saturated heterocycles. The minimum Gasteiger partial charge on any atom is -0.481 e. The van der Waals surface area contributed by atoms with Crippen LogP contribution >= 0.6 is 0 Å². The molecule has 0 aromatic heterocycles. The van der Waals surface area contributed by atoms with E-state index < -0.39 is 60.2 Å². The zero-order chi connectivity index (χ0) is 20.7. The van der Waals surface area contributed by atoms with E-state index in [1.165, 1.54) is 18.7 Å². The van der Waals surface area contributed by atoms with Gasteiger partial charge in [0.1, 0.15) is 18.1 Å². The predicted molar refractivity (Wildman–Crippen MR) is 92.4 cm³/mol. The molecule has 0 aliphatic carbocycles. The van der Waals surface area contributed by atoms with Crippen LogP contribution in [0.25, 0.3) is 0 Å². The fourth-order valence-corrected chi connectivity index (χ4v) is 2.75. The highest BCUT2D eigenvalue weighted by Crippen LogP contribution is 2.19. The summed E-state index contributed by atoms with van der Waals surface area (Å²) in [5, 5.41) is 22.6. The number of nitrogens with one attached hydrogen (secondary N) is 2. The molecule has 11 nitrogen and oxygen atoms in total. The van der Waals surface area contributed by atoms with Gasteiger partial charge >= 0.3 is 11.9 Å². The van der Waals surface area contributed by atoms with E-state index in [9.17, 15) is 24.0 Å². The second-order valence-corrected chi connectivity index (χ2v) is 6.54. The van der Waals surface area contributed by atoms with Crippen LogP contribution in [-0.2, 0) is 24.0 Å². The van der Waals surface area contributed by atoms with Crippen LogP contribution in [0.5, 0.6) is 0 Å². The molecule has 0 aromatic carbocycles. The zero-order valence-electron chi connectivity index (χ0n) is 15.3. The number of carbonyl (C=O) groups is 5. The third-order valence-electron chi connectivity index (χ3n) is 4.24. The highest BCUT2D eigenvalue weighted by molar-refractivity contribution is 5.94. The molecule has 27 heavy (non-hydrogen) atoms. The lowest BCUT2D eigenvalue weighted by Gasteiger charge is -2.28. The van der Waals surface area contributed by atoms with Gasteiger partial charge in [0.15, 0.2) is 0 Å². The molecule has 4 atom stereocenters. The van der Waals surface area contributed by atoms with Crippen LogP contribution in [0.15, 0.2) is 0 Å². The van der Waals surface area contributed by atoms with E-state index in [0.717, 1.165) is 0 Å². The number of aliphatic carboxylic acids is 2. The maximum atomic E-state index is 12.5. The normalized spacial score (nSPS) is 19.7. The number of rotatable bonds is 9. The Labute approximate surface area is 156 Å². The van der Waals surface area contributed by atoms with Crippen molar-refractivity contribution in [2.24, 2.45) is 5.73 Å². The summed E-state index contributed by atoms with van der Waals surface area (Å²) >= 11 is 0. The molecule has 1 heterocycles. The van der Waals surface area contributed by atoms with E-state index in [2.05, 4.69) is 10.6 Å². The van der Waals surface area contributed by atoms with E-state index in [1.807, 2.05) is 0 Å². The van der Waals surface area contributed by atoms with Gasteiger partial charge in [-0.15, -0.1) is 0 Å². The van der Waals surface area contributed by atoms with Crippen LogP contribution in [0.1, 0.15) is 39.5 Å². The Balaban J connectivity index is 2.75. The average Bonchev–Trinajstić information content (AvgIpc) is 3.06. The van der Waals surface area contributed by atoms with Crippen molar-refractivity contribution in [2.75, 3.05) is 6.54 Å². The molecular formula is C16H26N4O7. The maximum absolute atomic E-state index is 12.5. The van der Waals surface area contributed by atoms with Crippen LogP contribution in [0.4, 0.5) is 0 Å². The fraction of sp³-hybridized carbons (Fsp3) is 0.688. The van der Waals surface area contributed by atoms with Gasteiger partial charge in [0.05, 0.1) is 6.04 Å². The molecule has 4 unspecified atom stereocenters. The van der Waals surface area contributed by atoms with Gasteiger partial charge in [0, 0.05) is 13.0 Å². The summed E-state index contributed by atoms with van der Waals surface area (Å²) in [5.41, 5.74) is 5.45. The van der Waals surface area contributed by atoms with Gasteiger partial charge in [-0.25, -0.2) is 4.79 Å². The Kier molecular flexibility index (Phi) is 8.16. The van der Waals surface area contributed by atoms with E-state index >= 15 is 0 Å². The van der Waals surface area contributed by atoms with Crippen LogP contribution in [0, 0.1) is 0 Å². The molecule has 0 aromatic rings. The van der Waals surface area contributed by atoms with Crippen molar-refractivity contribution in [1.29, 1.82) is 0 Å². The molecular weight excluding hydrogens is 360 g/mol. The highest BCUT2D eigenvalue weighted by Gasteiger charge is 2.37. The van der Waals surface area contributed by atoms with Crippen molar-refractivity contribution < 1.29 is 34.2 Å². The van der Waals surface area contributed by atoms with Gasteiger partial charge in [-0.3, -0.25) is 19.2 Å². The smallest absolute Gasteiger partial charge is 0.326 e. The van der Waals surface area contributed by atoms with E-state index in [-0.39, 0.29) is 6.42 Å². The molecule has 0 bridgehead atoms. The summed E-state index contributed by atoms with van der Waals surface area (Å²) in [4.78, 5) is 59.8. The van der Waals surface area contributed by atoms with Crippen molar-refractivity contribution in [2.45, 2.75) is 63.7 Å². The van der Waals surface area contributed by atoms with Gasteiger partial charge in [-0.2, -0.15) is 0 Å².